The van der Waals surface area contributed by atoms with Crippen molar-refractivity contribution in [2.45, 2.75) is 31.8 Å². The molecule has 4 nitrogen and oxygen atoms in total. The number of halogens is 1. The zero-order chi connectivity index (χ0) is 13.7. The second-order valence-electron chi connectivity index (χ2n) is 4.81. The molecular weight excluding hydrogens is 328 g/mol. The number of hydrogen-bond donors (Lipinski definition) is 2. The number of hydrogen-bond acceptors (Lipinski definition) is 3. The molecule has 0 heterocycles. The van der Waals surface area contributed by atoms with E-state index in [4.69, 9.17) is 0 Å². The summed E-state index contributed by atoms with van der Waals surface area (Å²) in [6.45, 7) is 1.11. The van der Waals surface area contributed by atoms with E-state index in [-0.39, 0.29) is 5.75 Å². The van der Waals surface area contributed by atoms with E-state index in [1.54, 1.807) is 0 Å². The topological polar surface area (TPSA) is 58.2 Å². The van der Waals surface area contributed by atoms with Gasteiger partial charge in [-0.2, -0.15) is 0 Å². The summed E-state index contributed by atoms with van der Waals surface area (Å²) in [7, 11) is -3.18. The lowest BCUT2D eigenvalue weighted by Crippen LogP contribution is -2.28. The van der Waals surface area contributed by atoms with Crippen LogP contribution in [0.25, 0.3) is 0 Å². The molecule has 1 fully saturated rings. The molecule has 2 rings (SSSR count). The monoisotopic (exact) mass is 346 g/mol. The SMILES string of the molecule is O=S(=O)(CCCNC1CC1)NCc1ccccc1Br. The first kappa shape index (κ1) is 15.0. The molecule has 0 atom stereocenters. The number of benzene rings is 1. The van der Waals surface area contributed by atoms with Gasteiger partial charge in [-0.15, -0.1) is 0 Å². The third kappa shape index (κ3) is 5.60. The molecule has 0 aromatic heterocycles. The molecule has 6 heteroatoms. The Bertz CT molecular complexity index is 515. The van der Waals surface area contributed by atoms with Gasteiger partial charge in [-0.25, -0.2) is 13.1 Å². The third-order valence-electron chi connectivity index (χ3n) is 3.04. The van der Waals surface area contributed by atoms with Crippen molar-refractivity contribution < 1.29 is 8.42 Å². The maximum absolute atomic E-state index is 11.8. The standard InChI is InChI=1S/C13H19BrN2O2S/c14-13-5-2-1-4-11(13)10-16-19(17,18)9-3-8-15-12-6-7-12/h1-2,4-5,12,15-16H,3,6-10H2. The van der Waals surface area contributed by atoms with Crippen molar-refractivity contribution >= 4 is 26.0 Å². The molecule has 1 aliphatic rings. The largest absolute Gasteiger partial charge is 0.314 e. The lowest BCUT2D eigenvalue weighted by atomic mass is 10.2. The number of sulfonamides is 1. The highest BCUT2D eigenvalue weighted by molar-refractivity contribution is 9.10. The number of nitrogens with one attached hydrogen (secondary N) is 2. The Morgan fingerprint density at radius 3 is 2.68 bits per heavy atom. The Labute approximate surface area is 123 Å². The van der Waals surface area contributed by atoms with E-state index < -0.39 is 10.0 Å². The smallest absolute Gasteiger partial charge is 0.211 e. The van der Waals surface area contributed by atoms with E-state index >= 15 is 0 Å². The Hall–Kier alpha value is -0.430. The molecule has 1 aromatic rings. The van der Waals surface area contributed by atoms with Crippen LogP contribution >= 0.6 is 15.9 Å². The van der Waals surface area contributed by atoms with Crippen LogP contribution in [0.3, 0.4) is 0 Å². The lowest BCUT2D eigenvalue weighted by Gasteiger charge is -2.08. The van der Waals surface area contributed by atoms with Gasteiger partial charge in [0.05, 0.1) is 5.75 Å². The maximum Gasteiger partial charge on any atom is 0.211 e. The molecule has 1 saturated carbocycles. The van der Waals surface area contributed by atoms with Crippen LogP contribution in [0.15, 0.2) is 28.7 Å². The average molecular weight is 347 g/mol. The van der Waals surface area contributed by atoms with Crippen molar-refractivity contribution in [2.75, 3.05) is 12.3 Å². The second-order valence-corrected chi connectivity index (χ2v) is 7.59. The fourth-order valence-electron chi connectivity index (χ4n) is 1.76. The molecule has 19 heavy (non-hydrogen) atoms. The van der Waals surface area contributed by atoms with Gasteiger partial charge in [0.15, 0.2) is 0 Å². The van der Waals surface area contributed by atoms with Crippen LogP contribution in [0, 0.1) is 0 Å². The first-order valence-corrected chi connectivity index (χ1v) is 8.95. The maximum atomic E-state index is 11.8. The van der Waals surface area contributed by atoms with Crippen LogP contribution in [0.4, 0.5) is 0 Å². The molecule has 2 N–H and O–H groups in total. The van der Waals surface area contributed by atoms with Gasteiger partial charge in [-0.3, -0.25) is 0 Å². The van der Waals surface area contributed by atoms with Crippen LogP contribution < -0.4 is 10.0 Å². The summed E-state index contributed by atoms with van der Waals surface area (Å²) in [6.07, 6.45) is 3.11. The van der Waals surface area contributed by atoms with E-state index in [0.717, 1.165) is 16.6 Å². The van der Waals surface area contributed by atoms with E-state index in [9.17, 15) is 8.42 Å². The normalized spacial score (nSPS) is 15.6. The predicted octanol–water partition coefficient (Wildman–Crippen LogP) is 2.01. The minimum Gasteiger partial charge on any atom is -0.314 e. The Balaban J connectivity index is 1.72. The molecule has 0 amide bonds. The molecule has 0 spiro atoms. The van der Waals surface area contributed by atoms with Gasteiger partial charge in [0.1, 0.15) is 0 Å². The van der Waals surface area contributed by atoms with Crippen molar-refractivity contribution in [3.63, 3.8) is 0 Å². The van der Waals surface area contributed by atoms with Gasteiger partial charge in [0, 0.05) is 17.1 Å². The van der Waals surface area contributed by atoms with Gasteiger partial charge in [0.25, 0.3) is 0 Å². The fraction of sp³-hybridized carbons (Fsp3) is 0.538. The summed E-state index contributed by atoms with van der Waals surface area (Å²) in [5, 5.41) is 3.31. The molecule has 0 saturated heterocycles. The molecule has 0 radical (unpaired) electrons. The summed E-state index contributed by atoms with van der Waals surface area (Å²) in [6, 6.07) is 8.25. The summed E-state index contributed by atoms with van der Waals surface area (Å²) in [5.41, 5.74) is 0.946. The highest BCUT2D eigenvalue weighted by Crippen LogP contribution is 2.18. The molecule has 0 bridgehead atoms. The molecule has 1 aromatic carbocycles. The van der Waals surface area contributed by atoms with Crippen molar-refractivity contribution in [3.05, 3.63) is 34.3 Å². The Kier molecular flexibility index (Phi) is 5.38. The Morgan fingerprint density at radius 1 is 1.26 bits per heavy atom. The van der Waals surface area contributed by atoms with Crippen molar-refractivity contribution in [2.24, 2.45) is 0 Å². The highest BCUT2D eigenvalue weighted by Gasteiger charge is 2.20. The van der Waals surface area contributed by atoms with Crippen LogP contribution in [0.1, 0.15) is 24.8 Å². The molecule has 106 valence electrons. The molecule has 0 aliphatic heterocycles. The lowest BCUT2D eigenvalue weighted by molar-refractivity contribution is 0.574. The minimum atomic E-state index is -3.18. The first-order chi connectivity index (χ1) is 9.07. The summed E-state index contributed by atoms with van der Waals surface area (Å²) >= 11 is 3.41. The molecular formula is C13H19BrN2O2S. The summed E-state index contributed by atoms with van der Waals surface area (Å²) < 4.78 is 27.2. The van der Waals surface area contributed by atoms with Gasteiger partial charge in [0.2, 0.25) is 10.0 Å². The van der Waals surface area contributed by atoms with Crippen LogP contribution in [0.5, 0.6) is 0 Å². The number of rotatable bonds is 8. The highest BCUT2D eigenvalue weighted by atomic mass is 79.9. The third-order valence-corrected chi connectivity index (χ3v) is 5.22. The van der Waals surface area contributed by atoms with E-state index in [0.29, 0.717) is 19.0 Å². The zero-order valence-electron chi connectivity index (χ0n) is 10.7. The average Bonchev–Trinajstić information content (AvgIpc) is 3.18. The van der Waals surface area contributed by atoms with Crippen molar-refractivity contribution in [3.8, 4) is 0 Å². The van der Waals surface area contributed by atoms with Gasteiger partial charge in [-0.05, 0) is 37.4 Å². The quantitative estimate of drug-likeness (QED) is 0.708. The summed E-state index contributed by atoms with van der Waals surface area (Å²) in [4.78, 5) is 0. The van der Waals surface area contributed by atoms with Gasteiger partial charge in [-0.1, -0.05) is 34.1 Å². The van der Waals surface area contributed by atoms with Crippen molar-refractivity contribution in [1.82, 2.24) is 10.0 Å². The van der Waals surface area contributed by atoms with Crippen LogP contribution in [-0.2, 0) is 16.6 Å². The van der Waals surface area contributed by atoms with E-state index in [1.165, 1.54) is 12.8 Å². The molecule has 1 aliphatic carbocycles. The fourth-order valence-corrected chi connectivity index (χ4v) is 3.23. The molecule has 0 unspecified atom stereocenters. The zero-order valence-corrected chi connectivity index (χ0v) is 13.1. The van der Waals surface area contributed by atoms with Gasteiger partial charge < -0.3 is 5.32 Å². The summed E-state index contributed by atoms with van der Waals surface area (Å²) in [5.74, 6) is 0.178. The van der Waals surface area contributed by atoms with E-state index in [2.05, 4.69) is 26.0 Å². The van der Waals surface area contributed by atoms with Gasteiger partial charge >= 0.3 is 0 Å². The van der Waals surface area contributed by atoms with Crippen molar-refractivity contribution in [1.29, 1.82) is 0 Å². The van der Waals surface area contributed by atoms with Crippen LogP contribution in [0.2, 0.25) is 0 Å². The van der Waals surface area contributed by atoms with Crippen LogP contribution in [-0.4, -0.2) is 26.8 Å². The minimum absolute atomic E-state index is 0.178. The second kappa shape index (κ2) is 6.83. The Morgan fingerprint density at radius 2 is 2.00 bits per heavy atom. The predicted molar refractivity (Wildman–Crippen MR) is 80.4 cm³/mol. The van der Waals surface area contributed by atoms with E-state index in [1.807, 2.05) is 24.3 Å². The first-order valence-electron chi connectivity index (χ1n) is 6.51.